The molecule has 41 heavy (non-hydrogen) atoms. The molecule has 1 aromatic carbocycles. The van der Waals surface area contributed by atoms with Crippen LogP contribution in [-0.4, -0.2) is 54.7 Å². The van der Waals surface area contributed by atoms with E-state index in [4.69, 9.17) is 9.47 Å². The third-order valence-electron chi connectivity index (χ3n) is 9.79. The molecular weight excluding hydrogens is 514 g/mol. The summed E-state index contributed by atoms with van der Waals surface area (Å²) in [6, 6.07) is 9.07. The molecular formula is C34H51N3O4. The van der Waals surface area contributed by atoms with E-state index in [0.29, 0.717) is 36.8 Å². The van der Waals surface area contributed by atoms with Gasteiger partial charge >= 0.3 is 0 Å². The smallest absolute Gasteiger partial charge is 0.223 e. The van der Waals surface area contributed by atoms with E-state index in [0.717, 1.165) is 69.2 Å². The second-order valence-electron chi connectivity index (χ2n) is 13.3. The zero-order chi connectivity index (χ0) is 29.6. The normalized spacial score (nSPS) is 20.3. The van der Waals surface area contributed by atoms with Crippen LogP contribution in [0.15, 0.2) is 24.4 Å². The predicted octanol–water partition coefficient (Wildman–Crippen LogP) is 5.85. The van der Waals surface area contributed by atoms with Gasteiger partial charge in [-0.05, 0) is 86.2 Å². The number of ether oxygens (including phenoxy) is 2. The number of benzene rings is 1. The van der Waals surface area contributed by atoms with Crippen molar-refractivity contribution >= 4 is 16.8 Å². The summed E-state index contributed by atoms with van der Waals surface area (Å²) in [4.78, 5) is 13.2. The Morgan fingerprint density at radius 2 is 1.98 bits per heavy atom. The molecule has 0 bridgehead atoms. The molecule has 1 amide bonds. The summed E-state index contributed by atoms with van der Waals surface area (Å²) in [6.07, 6.45) is 8.53. The molecule has 1 aliphatic carbocycles. The molecule has 226 valence electrons. The molecule has 2 N–H and O–H groups in total. The molecule has 2 aliphatic rings. The highest BCUT2D eigenvalue weighted by molar-refractivity contribution is 5.87. The lowest BCUT2D eigenvalue weighted by atomic mass is 9.82. The van der Waals surface area contributed by atoms with Gasteiger partial charge in [-0.3, -0.25) is 4.79 Å². The highest BCUT2D eigenvalue weighted by Crippen LogP contribution is 2.53. The van der Waals surface area contributed by atoms with Crippen LogP contribution in [0.25, 0.3) is 10.9 Å². The molecule has 2 heterocycles. The Bertz CT molecular complexity index is 1190. The molecule has 7 heteroatoms. The number of fused-ring (bicyclic) bond motifs is 1. The third-order valence-corrected chi connectivity index (χ3v) is 9.79. The van der Waals surface area contributed by atoms with Crippen molar-refractivity contribution in [3.05, 3.63) is 35.5 Å². The average Bonchev–Trinajstić information content (AvgIpc) is 3.46. The molecule has 4 unspecified atom stereocenters. The van der Waals surface area contributed by atoms with Gasteiger partial charge in [0, 0.05) is 62.5 Å². The van der Waals surface area contributed by atoms with Crippen molar-refractivity contribution < 1.29 is 19.4 Å². The number of rotatable bonds is 15. The summed E-state index contributed by atoms with van der Waals surface area (Å²) in [7, 11) is 1.71. The molecule has 0 radical (unpaired) electrons. The number of carbonyl (C=O) groups excluding carboxylic acids is 1. The number of aryl methyl sites for hydroxylation is 1. The van der Waals surface area contributed by atoms with Gasteiger partial charge in [-0.1, -0.05) is 39.8 Å². The minimum absolute atomic E-state index is 0.103. The number of hydrogen-bond acceptors (Lipinski definition) is 5. The number of nitriles is 1. The molecule has 1 aromatic heterocycles. The van der Waals surface area contributed by atoms with Crippen molar-refractivity contribution in [3.8, 4) is 6.07 Å². The predicted molar refractivity (Wildman–Crippen MR) is 162 cm³/mol. The topological polar surface area (TPSA) is 96.5 Å². The summed E-state index contributed by atoms with van der Waals surface area (Å²) in [5.74, 6) is 0.991. The van der Waals surface area contributed by atoms with Crippen LogP contribution in [-0.2, 0) is 27.2 Å². The maximum Gasteiger partial charge on any atom is 0.223 e. The fourth-order valence-electron chi connectivity index (χ4n) is 6.75. The Balaban J connectivity index is 1.34. The number of amides is 1. The van der Waals surface area contributed by atoms with Crippen LogP contribution in [0.2, 0.25) is 0 Å². The van der Waals surface area contributed by atoms with Crippen LogP contribution in [0.4, 0.5) is 0 Å². The van der Waals surface area contributed by atoms with E-state index in [1.54, 1.807) is 7.11 Å². The number of methoxy groups -OCH3 is 1. The second kappa shape index (κ2) is 14.2. The first-order valence-corrected chi connectivity index (χ1v) is 15.7. The summed E-state index contributed by atoms with van der Waals surface area (Å²) < 4.78 is 12.9. The van der Waals surface area contributed by atoms with Crippen LogP contribution in [0.3, 0.4) is 0 Å². The SMILES string of the molecule is COCCCn1cc(C#N)c2ccc(CC(CCC(O)CC(C(=O)NC3CC34CCOCC4)C(C)C)C(C)C)cc21. The number of aliphatic hydroxyl groups excluding tert-OH is 1. The third kappa shape index (κ3) is 7.91. The fraction of sp³-hybridized carbons (Fsp3) is 0.706. The van der Waals surface area contributed by atoms with Crippen molar-refractivity contribution in [2.75, 3.05) is 26.9 Å². The number of aromatic nitrogens is 1. The van der Waals surface area contributed by atoms with Gasteiger partial charge in [0.2, 0.25) is 5.91 Å². The number of hydrogen-bond donors (Lipinski definition) is 2. The maximum atomic E-state index is 13.2. The Morgan fingerprint density at radius 3 is 2.63 bits per heavy atom. The standard InChI is InChI=1S/C34H51N3O4/c1-23(2)26(17-25-7-10-29-27(21-35)22-37(31(29)18-25)13-6-14-40-5)8-9-28(38)19-30(24(3)4)33(39)36-32-20-34(32)11-15-41-16-12-34/h7,10,18,22-24,26,28,30,32,38H,6,8-9,11-17,19-20H2,1-5H3,(H,36,39). The first-order valence-electron chi connectivity index (χ1n) is 15.7. The fourth-order valence-corrected chi connectivity index (χ4v) is 6.75. The van der Waals surface area contributed by atoms with E-state index < -0.39 is 6.10 Å². The molecule has 4 rings (SSSR count). The molecule has 1 aliphatic heterocycles. The van der Waals surface area contributed by atoms with Crippen LogP contribution in [0, 0.1) is 40.4 Å². The van der Waals surface area contributed by atoms with E-state index in [2.05, 4.69) is 61.8 Å². The Morgan fingerprint density at radius 1 is 1.22 bits per heavy atom. The summed E-state index contributed by atoms with van der Waals surface area (Å²) in [5.41, 5.74) is 3.32. The number of nitrogens with one attached hydrogen (secondary N) is 1. The minimum Gasteiger partial charge on any atom is -0.393 e. The zero-order valence-corrected chi connectivity index (χ0v) is 25.8. The van der Waals surface area contributed by atoms with E-state index in [-0.39, 0.29) is 29.2 Å². The minimum atomic E-state index is -0.496. The van der Waals surface area contributed by atoms with Crippen molar-refractivity contribution in [3.63, 3.8) is 0 Å². The van der Waals surface area contributed by atoms with Crippen molar-refractivity contribution in [1.82, 2.24) is 9.88 Å². The molecule has 1 saturated carbocycles. The van der Waals surface area contributed by atoms with Crippen molar-refractivity contribution in [2.45, 2.75) is 97.8 Å². The van der Waals surface area contributed by atoms with Crippen LogP contribution >= 0.6 is 0 Å². The van der Waals surface area contributed by atoms with Gasteiger partial charge in [-0.15, -0.1) is 0 Å². The second-order valence-corrected chi connectivity index (χ2v) is 13.3. The summed E-state index contributed by atoms with van der Waals surface area (Å²) in [5, 5.41) is 25.0. The maximum absolute atomic E-state index is 13.2. The number of aliphatic hydroxyl groups is 1. The molecule has 2 aromatic rings. The van der Waals surface area contributed by atoms with Gasteiger partial charge in [0.15, 0.2) is 0 Å². The Kier molecular flexibility index (Phi) is 10.9. The lowest BCUT2D eigenvalue weighted by molar-refractivity contribution is -0.128. The van der Waals surface area contributed by atoms with E-state index in [9.17, 15) is 15.2 Å². The van der Waals surface area contributed by atoms with E-state index in [1.807, 2.05) is 6.20 Å². The largest absolute Gasteiger partial charge is 0.393 e. The summed E-state index contributed by atoms with van der Waals surface area (Å²) >= 11 is 0. The van der Waals surface area contributed by atoms with Gasteiger partial charge < -0.3 is 24.5 Å². The first kappa shape index (κ1) is 31.5. The van der Waals surface area contributed by atoms with Gasteiger partial charge in [0.1, 0.15) is 6.07 Å². The number of nitrogens with zero attached hydrogens (tertiary/aromatic N) is 2. The summed E-state index contributed by atoms with van der Waals surface area (Å²) in [6.45, 7) is 11.8. The van der Waals surface area contributed by atoms with Crippen LogP contribution in [0.1, 0.15) is 83.8 Å². The Hall–Kier alpha value is -2.40. The highest BCUT2D eigenvalue weighted by atomic mass is 16.5. The Labute approximate surface area is 246 Å². The van der Waals surface area contributed by atoms with Crippen LogP contribution < -0.4 is 5.32 Å². The molecule has 2 fully saturated rings. The van der Waals surface area contributed by atoms with Gasteiger partial charge in [0.05, 0.1) is 11.7 Å². The van der Waals surface area contributed by atoms with Crippen LogP contribution in [0.5, 0.6) is 0 Å². The zero-order valence-electron chi connectivity index (χ0n) is 25.8. The molecule has 7 nitrogen and oxygen atoms in total. The van der Waals surface area contributed by atoms with Crippen molar-refractivity contribution in [2.24, 2.45) is 29.1 Å². The lowest BCUT2D eigenvalue weighted by Crippen LogP contribution is -2.39. The highest BCUT2D eigenvalue weighted by Gasteiger charge is 2.55. The van der Waals surface area contributed by atoms with Crippen molar-refractivity contribution in [1.29, 1.82) is 5.26 Å². The van der Waals surface area contributed by atoms with Gasteiger partial charge in [-0.25, -0.2) is 0 Å². The van der Waals surface area contributed by atoms with Gasteiger partial charge in [0.25, 0.3) is 0 Å². The van der Waals surface area contributed by atoms with Gasteiger partial charge in [-0.2, -0.15) is 5.26 Å². The first-order chi connectivity index (χ1) is 19.7. The average molecular weight is 566 g/mol. The molecule has 1 saturated heterocycles. The van der Waals surface area contributed by atoms with E-state index >= 15 is 0 Å². The molecule has 1 spiro atoms. The van der Waals surface area contributed by atoms with E-state index in [1.165, 1.54) is 5.56 Å². The monoisotopic (exact) mass is 565 g/mol. The lowest BCUT2D eigenvalue weighted by Gasteiger charge is -2.27. The number of carbonyl (C=O) groups is 1. The quantitative estimate of drug-likeness (QED) is 0.264. The molecule has 4 atom stereocenters.